The van der Waals surface area contributed by atoms with Crippen LogP contribution in [0.4, 0.5) is 5.95 Å². The number of rotatable bonds is 4. The van der Waals surface area contributed by atoms with Gasteiger partial charge in [-0.15, -0.1) is 11.3 Å². The van der Waals surface area contributed by atoms with Gasteiger partial charge >= 0.3 is 0 Å². The van der Waals surface area contributed by atoms with Gasteiger partial charge in [-0.05, 0) is 50.0 Å². The molecule has 0 spiro atoms. The summed E-state index contributed by atoms with van der Waals surface area (Å²) in [7, 11) is 0. The van der Waals surface area contributed by atoms with Crippen molar-refractivity contribution >= 4 is 39.3 Å². The third-order valence-electron chi connectivity index (χ3n) is 2.77. The molecule has 1 N–H and O–H groups in total. The second kappa shape index (κ2) is 5.95. The van der Waals surface area contributed by atoms with E-state index in [2.05, 4.69) is 25.3 Å². The first kappa shape index (κ1) is 14.2. The summed E-state index contributed by atoms with van der Waals surface area (Å²) in [5.74, 6) is 0.652. The van der Waals surface area contributed by atoms with Gasteiger partial charge in [-0.1, -0.05) is 0 Å². The van der Waals surface area contributed by atoms with Gasteiger partial charge in [0.25, 0.3) is 0 Å². The van der Waals surface area contributed by atoms with E-state index in [-0.39, 0.29) is 0 Å². The fourth-order valence-electron chi connectivity index (χ4n) is 1.97. The molecule has 0 fully saturated rings. The lowest BCUT2D eigenvalue weighted by atomic mass is 10.4. The van der Waals surface area contributed by atoms with Gasteiger partial charge in [0.1, 0.15) is 9.86 Å². The van der Waals surface area contributed by atoms with Gasteiger partial charge in [0, 0.05) is 23.3 Å². The summed E-state index contributed by atoms with van der Waals surface area (Å²) in [6, 6.07) is 4.01. The van der Waals surface area contributed by atoms with Crippen molar-refractivity contribution in [3.05, 3.63) is 28.9 Å². The highest BCUT2D eigenvalue weighted by atomic mass is 32.2. The van der Waals surface area contributed by atoms with E-state index in [0.717, 1.165) is 38.3 Å². The first-order valence-electron chi connectivity index (χ1n) is 6.65. The van der Waals surface area contributed by atoms with Crippen LogP contribution in [0.25, 0.3) is 10.2 Å². The van der Waals surface area contributed by atoms with Gasteiger partial charge in [-0.25, -0.2) is 19.9 Å². The maximum atomic E-state index is 4.58. The van der Waals surface area contributed by atoms with Crippen molar-refractivity contribution in [3.63, 3.8) is 0 Å². The number of nitrogens with zero attached hydrogens (tertiary/aromatic N) is 4. The van der Waals surface area contributed by atoms with Crippen molar-refractivity contribution in [2.24, 2.45) is 0 Å². The average molecular weight is 317 g/mol. The maximum absolute atomic E-state index is 4.58. The van der Waals surface area contributed by atoms with Crippen LogP contribution in [0, 0.1) is 13.8 Å². The van der Waals surface area contributed by atoms with Crippen LogP contribution in [0.3, 0.4) is 0 Å². The van der Waals surface area contributed by atoms with Crippen LogP contribution in [0.2, 0.25) is 0 Å². The van der Waals surface area contributed by atoms with Crippen LogP contribution < -0.4 is 5.32 Å². The molecule has 0 aliphatic heterocycles. The van der Waals surface area contributed by atoms with Crippen molar-refractivity contribution in [2.45, 2.75) is 31.0 Å². The minimum Gasteiger partial charge on any atom is -0.354 e. The monoisotopic (exact) mass is 317 g/mol. The van der Waals surface area contributed by atoms with Gasteiger partial charge in [-0.2, -0.15) is 0 Å². The number of thiophene rings is 1. The normalized spacial score (nSPS) is 11.0. The topological polar surface area (TPSA) is 63.6 Å². The smallest absolute Gasteiger partial charge is 0.225 e. The Hall–Kier alpha value is -1.73. The van der Waals surface area contributed by atoms with Gasteiger partial charge < -0.3 is 5.32 Å². The molecule has 108 valence electrons. The second-order valence-corrected chi connectivity index (χ2v) is 6.41. The summed E-state index contributed by atoms with van der Waals surface area (Å²) < 4.78 is 0. The number of fused-ring (bicyclic) bond motifs is 1. The van der Waals surface area contributed by atoms with E-state index in [1.807, 2.05) is 38.3 Å². The number of hydrogen-bond donors (Lipinski definition) is 1. The zero-order valence-corrected chi connectivity index (χ0v) is 13.7. The molecule has 3 aromatic heterocycles. The Morgan fingerprint density at radius 3 is 2.62 bits per heavy atom. The molecule has 0 amide bonds. The Morgan fingerprint density at radius 2 is 1.90 bits per heavy atom. The van der Waals surface area contributed by atoms with Crippen LogP contribution in [0.5, 0.6) is 0 Å². The van der Waals surface area contributed by atoms with Crippen molar-refractivity contribution in [2.75, 3.05) is 11.9 Å². The molecule has 0 unspecified atom stereocenters. The summed E-state index contributed by atoms with van der Waals surface area (Å²) in [5.41, 5.74) is 1.93. The fraction of sp³-hybridized carbons (Fsp3) is 0.286. The lowest BCUT2D eigenvalue weighted by molar-refractivity contribution is 0.899. The lowest BCUT2D eigenvalue weighted by Gasteiger charge is -2.06. The van der Waals surface area contributed by atoms with Crippen LogP contribution in [-0.4, -0.2) is 26.5 Å². The number of aromatic nitrogens is 4. The Bertz CT molecular complexity index is 764. The van der Waals surface area contributed by atoms with Gasteiger partial charge in [-0.3, -0.25) is 0 Å². The fourth-order valence-corrected chi connectivity index (χ4v) is 3.76. The molecule has 0 saturated carbocycles. The van der Waals surface area contributed by atoms with E-state index >= 15 is 0 Å². The van der Waals surface area contributed by atoms with Crippen molar-refractivity contribution in [3.8, 4) is 0 Å². The largest absolute Gasteiger partial charge is 0.354 e. The number of aryl methyl sites for hydroxylation is 2. The van der Waals surface area contributed by atoms with E-state index in [4.69, 9.17) is 0 Å². The average Bonchev–Trinajstić information content (AvgIpc) is 2.86. The zero-order chi connectivity index (χ0) is 14.8. The number of hydrogen-bond acceptors (Lipinski definition) is 7. The third-order valence-corrected chi connectivity index (χ3v) is 4.45. The van der Waals surface area contributed by atoms with Crippen LogP contribution >= 0.6 is 23.1 Å². The van der Waals surface area contributed by atoms with Gasteiger partial charge in [0.15, 0.2) is 5.16 Å². The summed E-state index contributed by atoms with van der Waals surface area (Å²) >= 11 is 3.10. The van der Waals surface area contributed by atoms with Crippen LogP contribution in [-0.2, 0) is 0 Å². The van der Waals surface area contributed by atoms with Gasteiger partial charge in [0.05, 0.1) is 0 Å². The minimum atomic E-state index is 0.652. The lowest BCUT2D eigenvalue weighted by Crippen LogP contribution is -2.02. The molecule has 0 atom stereocenters. The first-order chi connectivity index (χ1) is 10.2. The summed E-state index contributed by atoms with van der Waals surface area (Å²) in [5, 5.41) is 7.86. The molecule has 5 nitrogen and oxygen atoms in total. The molecule has 21 heavy (non-hydrogen) atoms. The molecule has 0 bridgehead atoms. The highest BCUT2D eigenvalue weighted by Crippen LogP contribution is 2.32. The van der Waals surface area contributed by atoms with E-state index in [0.29, 0.717) is 5.95 Å². The van der Waals surface area contributed by atoms with Crippen molar-refractivity contribution < 1.29 is 0 Å². The van der Waals surface area contributed by atoms with Crippen molar-refractivity contribution in [1.29, 1.82) is 0 Å². The Balaban J connectivity index is 2.04. The molecule has 0 aliphatic rings. The highest BCUT2D eigenvalue weighted by Gasteiger charge is 2.12. The Morgan fingerprint density at radius 1 is 1.14 bits per heavy atom. The zero-order valence-electron chi connectivity index (χ0n) is 12.0. The Labute approximate surface area is 131 Å². The summed E-state index contributed by atoms with van der Waals surface area (Å²) in [6.07, 6.45) is 0. The number of nitrogens with one attached hydrogen (secondary N) is 1. The molecule has 7 heteroatoms. The highest BCUT2D eigenvalue weighted by molar-refractivity contribution is 7.99. The predicted octanol–water partition coefficient (Wildman–Crippen LogP) is 3.68. The minimum absolute atomic E-state index is 0.652. The van der Waals surface area contributed by atoms with Crippen LogP contribution in [0.1, 0.15) is 18.3 Å². The van der Waals surface area contributed by atoms with E-state index < -0.39 is 0 Å². The number of anilines is 1. The standard InChI is InChI=1S/C14H15N5S2/c1-4-15-13-18-11-10(5-6-20-11)12(19-13)21-14-16-8(2)7-9(3)17-14/h5-7H,4H2,1-3H3,(H,15,18,19). The molecule has 0 saturated heterocycles. The molecule has 3 rings (SSSR count). The first-order valence-corrected chi connectivity index (χ1v) is 8.34. The molecule has 3 aromatic rings. The van der Waals surface area contributed by atoms with E-state index in [1.54, 1.807) is 11.3 Å². The summed E-state index contributed by atoms with van der Waals surface area (Å²) in [6.45, 7) is 6.77. The maximum Gasteiger partial charge on any atom is 0.225 e. The molecule has 0 aromatic carbocycles. The van der Waals surface area contributed by atoms with Gasteiger partial charge in [0.2, 0.25) is 5.95 Å². The molecular formula is C14H15N5S2. The molecule has 0 aliphatic carbocycles. The molecular weight excluding hydrogens is 302 g/mol. The van der Waals surface area contributed by atoms with Crippen LogP contribution in [0.15, 0.2) is 27.7 Å². The molecule has 3 heterocycles. The van der Waals surface area contributed by atoms with E-state index in [9.17, 15) is 0 Å². The SMILES string of the molecule is CCNc1nc(Sc2nc(C)cc(C)n2)c2ccsc2n1. The second-order valence-electron chi connectivity index (χ2n) is 4.56. The summed E-state index contributed by atoms with van der Waals surface area (Å²) in [4.78, 5) is 19.0. The van der Waals surface area contributed by atoms with E-state index in [1.165, 1.54) is 11.8 Å². The predicted molar refractivity (Wildman–Crippen MR) is 87.2 cm³/mol. The Kier molecular flexibility index (Phi) is 4.03. The van der Waals surface area contributed by atoms with Crippen molar-refractivity contribution in [1.82, 2.24) is 19.9 Å². The quantitative estimate of drug-likeness (QED) is 0.585. The molecule has 0 radical (unpaired) electrons. The third kappa shape index (κ3) is 3.14.